The fourth-order valence-corrected chi connectivity index (χ4v) is 2.89. The van der Waals surface area contributed by atoms with Crippen LogP contribution in [-0.4, -0.2) is 30.0 Å². The molecule has 0 aliphatic heterocycles. The molecule has 2 aromatic carbocycles. The molecular weight excluding hydrogens is 376 g/mol. The number of aromatic nitrogens is 2. The predicted molar refractivity (Wildman–Crippen MR) is 111 cm³/mol. The maximum atomic E-state index is 12.7. The average molecular weight is 397 g/mol. The zero-order chi connectivity index (χ0) is 20.1. The van der Waals surface area contributed by atoms with Crippen LogP contribution in [0, 0.1) is 6.92 Å². The van der Waals surface area contributed by atoms with Gasteiger partial charge in [0, 0.05) is 30.7 Å². The average Bonchev–Trinajstić information content (AvgIpc) is 2.71. The molecule has 1 N–H and O–H groups in total. The number of methoxy groups -OCH3 is 1. The third kappa shape index (κ3) is 4.58. The number of benzene rings is 2. The number of hydrogen-bond acceptors (Lipinski definition) is 5. The standard InChI is InChI=1S/C21H21ClN4O2/c1-14-9-17(19(28-3)10-16(14)22)25-21(27)18-11-20(24-13-23-18)26(2)12-15-7-5-4-6-8-15/h4-11,13H,12H2,1-3H3,(H,25,27). The van der Waals surface area contributed by atoms with Gasteiger partial charge in [0.25, 0.3) is 5.91 Å². The summed E-state index contributed by atoms with van der Waals surface area (Å²) in [4.78, 5) is 23.0. The van der Waals surface area contributed by atoms with Crippen LogP contribution in [-0.2, 0) is 6.54 Å². The van der Waals surface area contributed by atoms with Gasteiger partial charge in [0.2, 0.25) is 0 Å². The fraction of sp³-hybridized carbons (Fsp3) is 0.190. The van der Waals surface area contributed by atoms with Crippen molar-refractivity contribution in [2.24, 2.45) is 0 Å². The van der Waals surface area contributed by atoms with Gasteiger partial charge in [-0.25, -0.2) is 9.97 Å². The van der Waals surface area contributed by atoms with Gasteiger partial charge in [0.15, 0.2) is 0 Å². The number of halogens is 1. The molecule has 1 amide bonds. The highest BCUT2D eigenvalue weighted by Gasteiger charge is 2.15. The summed E-state index contributed by atoms with van der Waals surface area (Å²) in [6.07, 6.45) is 1.39. The van der Waals surface area contributed by atoms with Gasteiger partial charge in [-0.3, -0.25) is 4.79 Å². The molecule has 0 radical (unpaired) electrons. The first kappa shape index (κ1) is 19.6. The van der Waals surface area contributed by atoms with Gasteiger partial charge in [-0.05, 0) is 24.1 Å². The van der Waals surface area contributed by atoms with Gasteiger partial charge in [-0.15, -0.1) is 0 Å². The van der Waals surface area contributed by atoms with Gasteiger partial charge in [-0.1, -0.05) is 41.9 Å². The Hall–Kier alpha value is -3.12. The third-order valence-corrected chi connectivity index (χ3v) is 4.68. The molecule has 3 rings (SSSR count). The topological polar surface area (TPSA) is 67.3 Å². The Labute approximate surface area is 169 Å². The molecule has 144 valence electrons. The normalized spacial score (nSPS) is 10.4. The lowest BCUT2D eigenvalue weighted by Crippen LogP contribution is -2.20. The SMILES string of the molecule is COc1cc(Cl)c(C)cc1NC(=O)c1cc(N(C)Cc2ccccc2)ncn1. The van der Waals surface area contributed by atoms with Crippen molar-refractivity contribution in [1.82, 2.24) is 9.97 Å². The van der Waals surface area contributed by atoms with Crippen LogP contribution >= 0.6 is 11.6 Å². The number of amides is 1. The number of hydrogen-bond donors (Lipinski definition) is 1. The van der Waals surface area contributed by atoms with Crippen LogP contribution in [0.25, 0.3) is 0 Å². The first-order chi connectivity index (χ1) is 13.5. The molecule has 3 aromatic rings. The lowest BCUT2D eigenvalue weighted by Gasteiger charge is -2.18. The van der Waals surface area contributed by atoms with Crippen LogP contribution in [0.4, 0.5) is 11.5 Å². The summed E-state index contributed by atoms with van der Waals surface area (Å²) in [5, 5.41) is 3.40. The lowest BCUT2D eigenvalue weighted by molar-refractivity contribution is 0.102. The molecule has 1 aromatic heterocycles. The molecule has 0 aliphatic rings. The molecule has 0 bridgehead atoms. The maximum absolute atomic E-state index is 12.7. The number of nitrogens with one attached hydrogen (secondary N) is 1. The molecule has 0 saturated heterocycles. The minimum Gasteiger partial charge on any atom is -0.495 e. The van der Waals surface area contributed by atoms with Crippen molar-refractivity contribution in [3.8, 4) is 5.75 Å². The van der Waals surface area contributed by atoms with Gasteiger partial charge in [-0.2, -0.15) is 0 Å². The van der Waals surface area contributed by atoms with E-state index >= 15 is 0 Å². The summed E-state index contributed by atoms with van der Waals surface area (Å²) in [7, 11) is 3.45. The zero-order valence-corrected chi connectivity index (χ0v) is 16.7. The lowest BCUT2D eigenvalue weighted by atomic mass is 10.2. The monoisotopic (exact) mass is 396 g/mol. The number of nitrogens with zero attached hydrogens (tertiary/aromatic N) is 3. The molecule has 0 unspecified atom stereocenters. The first-order valence-corrected chi connectivity index (χ1v) is 9.08. The molecule has 0 aliphatic carbocycles. The summed E-state index contributed by atoms with van der Waals surface area (Å²) in [6, 6.07) is 15.1. The van der Waals surface area contributed by atoms with E-state index in [1.54, 1.807) is 18.2 Å². The highest BCUT2D eigenvalue weighted by molar-refractivity contribution is 6.31. The van der Waals surface area contributed by atoms with E-state index in [-0.39, 0.29) is 11.6 Å². The molecule has 0 atom stereocenters. The van der Waals surface area contributed by atoms with Crippen molar-refractivity contribution >= 4 is 29.0 Å². The van der Waals surface area contributed by atoms with Crippen LogP contribution in [0.5, 0.6) is 5.75 Å². The summed E-state index contributed by atoms with van der Waals surface area (Å²) >= 11 is 6.12. The van der Waals surface area contributed by atoms with Gasteiger partial charge in [0.1, 0.15) is 23.6 Å². The molecule has 0 saturated carbocycles. The Balaban J connectivity index is 1.78. The Morgan fingerprint density at radius 3 is 2.64 bits per heavy atom. The predicted octanol–water partition coefficient (Wildman–Crippen LogP) is 4.34. The second-order valence-corrected chi connectivity index (χ2v) is 6.77. The van der Waals surface area contributed by atoms with E-state index in [9.17, 15) is 4.79 Å². The summed E-state index contributed by atoms with van der Waals surface area (Å²) < 4.78 is 5.31. The van der Waals surface area contributed by atoms with Crippen LogP contribution < -0.4 is 15.0 Å². The number of carbonyl (C=O) groups is 1. The number of carbonyl (C=O) groups excluding carboxylic acids is 1. The minimum absolute atomic E-state index is 0.263. The van der Waals surface area contributed by atoms with E-state index in [0.717, 1.165) is 11.1 Å². The smallest absolute Gasteiger partial charge is 0.274 e. The van der Waals surface area contributed by atoms with Crippen molar-refractivity contribution in [2.45, 2.75) is 13.5 Å². The van der Waals surface area contributed by atoms with E-state index < -0.39 is 0 Å². The maximum Gasteiger partial charge on any atom is 0.274 e. The summed E-state index contributed by atoms with van der Waals surface area (Å²) in [5.74, 6) is 0.791. The number of aryl methyl sites for hydroxylation is 1. The Kier molecular flexibility index (Phi) is 6.11. The molecule has 0 fully saturated rings. The highest BCUT2D eigenvalue weighted by Crippen LogP contribution is 2.31. The van der Waals surface area contributed by atoms with Crippen LogP contribution in [0.3, 0.4) is 0 Å². The van der Waals surface area contributed by atoms with E-state index in [1.165, 1.54) is 13.4 Å². The van der Waals surface area contributed by atoms with Gasteiger partial charge < -0.3 is 15.0 Å². The summed E-state index contributed by atoms with van der Waals surface area (Å²) in [6.45, 7) is 2.53. The molecular formula is C21H21ClN4O2. The van der Waals surface area contributed by atoms with Crippen molar-refractivity contribution < 1.29 is 9.53 Å². The van der Waals surface area contributed by atoms with E-state index in [1.807, 2.05) is 49.2 Å². The zero-order valence-electron chi connectivity index (χ0n) is 15.9. The largest absolute Gasteiger partial charge is 0.495 e. The number of anilines is 2. The van der Waals surface area contributed by atoms with E-state index in [4.69, 9.17) is 16.3 Å². The van der Waals surface area contributed by atoms with Gasteiger partial charge in [0.05, 0.1) is 12.8 Å². The highest BCUT2D eigenvalue weighted by atomic mass is 35.5. The molecule has 0 spiro atoms. The molecule has 6 nitrogen and oxygen atoms in total. The summed E-state index contributed by atoms with van der Waals surface area (Å²) in [5.41, 5.74) is 2.78. The number of ether oxygens (including phenoxy) is 1. The van der Waals surface area contributed by atoms with Crippen LogP contribution in [0.2, 0.25) is 5.02 Å². The fourth-order valence-electron chi connectivity index (χ4n) is 2.73. The molecule has 1 heterocycles. The van der Waals surface area contributed by atoms with Crippen molar-refractivity contribution in [3.05, 3.63) is 76.7 Å². The molecule has 7 heteroatoms. The van der Waals surface area contributed by atoms with Gasteiger partial charge >= 0.3 is 0 Å². The minimum atomic E-state index is -0.350. The van der Waals surface area contributed by atoms with Crippen molar-refractivity contribution in [3.63, 3.8) is 0 Å². The quantitative estimate of drug-likeness (QED) is 0.671. The Morgan fingerprint density at radius 2 is 1.93 bits per heavy atom. The van der Waals surface area contributed by atoms with Crippen molar-refractivity contribution in [2.75, 3.05) is 24.4 Å². The Morgan fingerprint density at radius 1 is 1.18 bits per heavy atom. The first-order valence-electron chi connectivity index (χ1n) is 8.70. The molecule has 28 heavy (non-hydrogen) atoms. The van der Waals surface area contributed by atoms with E-state index in [2.05, 4.69) is 15.3 Å². The Bertz CT molecular complexity index is 979. The van der Waals surface area contributed by atoms with Crippen LogP contribution in [0.15, 0.2) is 54.9 Å². The third-order valence-electron chi connectivity index (χ3n) is 4.27. The van der Waals surface area contributed by atoms with Crippen LogP contribution in [0.1, 0.15) is 21.6 Å². The van der Waals surface area contributed by atoms with Crippen molar-refractivity contribution in [1.29, 1.82) is 0 Å². The second kappa shape index (κ2) is 8.71. The number of rotatable bonds is 6. The second-order valence-electron chi connectivity index (χ2n) is 6.36. The van der Waals surface area contributed by atoms with E-state index in [0.29, 0.717) is 28.8 Å².